The van der Waals surface area contributed by atoms with Crippen LogP contribution >= 0.6 is 0 Å². The van der Waals surface area contributed by atoms with E-state index in [4.69, 9.17) is 0 Å². The second-order valence-electron chi connectivity index (χ2n) is 5.17. The molecular formula is C18H15N3O. The number of fused-ring (bicyclic) bond motifs is 1. The quantitative estimate of drug-likeness (QED) is 0.630. The van der Waals surface area contributed by atoms with E-state index in [9.17, 15) is 10.1 Å². The highest BCUT2D eigenvalue weighted by Crippen LogP contribution is 2.20. The van der Waals surface area contributed by atoms with Gasteiger partial charge >= 0.3 is 0 Å². The van der Waals surface area contributed by atoms with Gasteiger partial charge in [-0.3, -0.25) is 9.78 Å². The number of carbonyl (C=O) groups is 1. The molecule has 0 saturated carbocycles. The van der Waals surface area contributed by atoms with Gasteiger partial charge in [0, 0.05) is 19.3 Å². The van der Waals surface area contributed by atoms with Crippen molar-refractivity contribution in [1.82, 2.24) is 9.88 Å². The molecule has 1 aromatic carbocycles. The highest BCUT2D eigenvalue weighted by Gasteiger charge is 2.23. The van der Waals surface area contributed by atoms with Crippen molar-refractivity contribution >= 4 is 12.0 Å². The molecule has 0 spiro atoms. The zero-order valence-corrected chi connectivity index (χ0v) is 12.1. The minimum atomic E-state index is -0.234. The molecular weight excluding hydrogens is 274 g/mol. The lowest BCUT2D eigenvalue weighted by Gasteiger charge is -2.28. The molecule has 0 aliphatic carbocycles. The summed E-state index contributed by atoms with van der Waals surface area (Å²) in [5.41, 5.74) is 3.17. The van der Waals surface area contributed by atoms with Gasteiger partial charge in [0.25, 0.3) is 5.91 Å². The fourth-order valence-corrected chi connectivity index (χ4v) is 2.59. The van der Waals surface area contributed by atoms with Crippen molar-refractivity contribution in [3.8, 4) is 6.07 Å². The topological polar surface area (TPSA) is 57.0 Å². The average Bonchev–Trinajstić information content (AvgIpc) is 2.59. The monoisotopic (exact) mass is 289 g/mol. The number of hydrogen-bond acceptors (Lipinski definition) is 3. The van der Waals surface area contributed by atoms with Crippen LogP contribution in [-0.2, 0) is 17.8 Å². The second kappa shape index (κ2) is 6.23. The first-order valence-electron chi connectivity index (χ1n) is 7.17. The number of carbonyl (C=O) groups excluding carboxylic acids is 1. The van der Waals surface area contributed by atoms with Crippen molar-refractivity contribution in [1.29, 1.82) is 5.26 Å². The molecule has 0 atom stereocenters. The third-order valence-electron chi connectivity index (χ3n) is 3.75. The van der Waals surface area contributed by atoms with Crippen molar-refractivity contribution in [3.05, 3.63) is 71.1 Å². The van der Waals surface area contributed by atoms with E-state index in [0.717, 1.165) is 12.0 Å². The minimum Gasteiger partial charge on any atom is -0.333 e. The number of nitrogens with zero attached hydrogens (tertiary/aromatic N) is 3. The largest absolute Gasteiger partial charge is 0.333 e. The molecule has 0 N–H and O–H groups in total. The van der Waals surface area contributed by atoms with Crippen LogP contribution in [0, 0.1) is 11.3 Å². The van der Waals surface area contributed by atoms with E-state index in [1.165, 1.54) is 5.56 Å². The van der Waals surface area contributed by atoms with Gasteiger partial charge in [-0.25, -0.2) is 0 Å². The molecule has 0 unspecified atom stereocenters. The first-order valence-corrected chi connectivity index (χ1v) is 7.17. The van der Waals surface area contributed by atoms with Crippen LogP contribution in [-0.4, -0.2) is 22.3 Å². The van der Waals surface area contributed by atoms with Gasteiger partial charge in [0.15, 0.2) is 0 Å². The van der Waals surface area contributed by atoms with E-state index in [2.05, 4.69) is 11.1 Å². The van der Waals surface area contributed by atoms with Gasteiger partial charge in [-0.15, -0.1) is 0 Å². The van der Waals surface area contributed by atoms with E-state index in [1.54, 1.807) is 29.3 Å². The maximum Gasteiger partial charge on any atom is 0.264 e. The van der Waals surface area contributed by atoms with Crippen molar-refractivity contribution in [2.75, 3.05) is 6.54 Å². The van der Waals surface area contributed by atoms with Crippen molar-refractivity contribution in [3.63, 3.8) is 0 Å². The second-order valence-corrected chi connectivity index (χ2v) is 5.17. The lowest BCUT2D eigenvalue weighted by molar-refractivity contribution is -0.127. The maximum atomic E-state index is 12.6. The fraction of sp³-hybridized carbons (Fsp3) is 0.167. The molecule has 2 aromatic rings. The summed E-state index contributed by atoms with van der Waals surface area (Å²) < 4.78 is 0. The van der Waals surface area contributed by atoms with Crippen LogP contribution in [0.4, 0.5) is 0 Å². The molecule has 0 radical (unpaired) electrons. The number of rotatable bonds is 2. The number of pyridine rings is 1. The Hall–Kier alpha value is -2.93. The molecule has 1 aliphatic rings. The lowest BCUT2D eigenvalue weighted by atomic mass is 9.99. The summed E-state index contributed by atoms with van der Waals surface area (Å²) in [6, 6.07) is 15.5. The highest BCUT2D eigenvalue weighted by molar-refractivity contribution is 6.01. The molecule has 22 heavy (non-hydrogen) atoms. The molecule has 0 saturated heterocycles. The van der Waals surface area contributed by atoms with Gasteiger partial charge < -0.3 is 4.90 Å². The van der Waals surface area contributed by atoms with E-state index >= 15 is 0 Å². The summed E-state index contributed by atoms with van der Waals surface area (Å²) in [5.74, 6) is -0.234. The SMILES string of the molecule is N#C/C(=C\c1ccccn1)C(=O)N1CCc2ccccc2C1. The van der Waals surface area contributed by atoms with Gasteiger partial charge in [-0.1, -0.05) is 30.3 Å². The highest BCUT2D eigenvalue weighted by atomic mass is 16.2. The molecule has 4 nitrogen and oxygen atoms in total. The van der Waals surface area contributed by atoms with Crippen LogP contribution in [0.25, 0.3) is 6.08 Å². The first-order chi connectivity index (χ1) is 10.8. The van der Waals surface area contributed by atoms with Gasteiger partial charge in [0.05, 0.1) is 5.69 Å². The number of amides is 1. The van der Waals surface area contributed by atoms with E-state index in [1.807, 2.05) is 30.3 Å². The van der Waals surface area contributed by atoms with Crippen LogP contribution < -0.4 is 0 Å². The minimum absolute atomic E-state index is 0.123. The molecule has 1 aliphatic heterocycles. The van der Waals surface area contributed by atoms with Gasteiger partial charge in [-0.2, -0.15) is 5.26 Å². The Morgan fingerprint density at radius 2 is 1.95 bits per heavy atom. The van der Waals surface area contributed by atoms with E-state index in [-0.39, 0.29) is 11.5 Å². The Bertz CT molecular complexity index is 759. The van der Waals surface area contributed by atoms with E-state index in [0.29, 0.717) is 18.8 Å². The summed E-state index contributed by atoms with van der Waals surface area (Å²) in [5, 5.41) is 9.29. The molecule has 0 bridgehead atoms. The smallest absolute Gasteiger partial charge is 0.264 e. The Morgan fingerprint density at radius 1 is 1.18 bits per heavy atom. The normalized spacial score (nSPS) is 14.1. The third kappa shape index (κ3) is 2.89. The molecule has 3 rings (SSSR count). The Balaban J connectivity index is 1.82. The van der Waals surface area contributed by atoms with Crippen LogP contribution in [0.3, 0.4) is 0 Å². The first kappa shape index (κ1) is 14.0. The summed E-state index contributed by atoms with van der Waals surface area (Å²) in [6.45, 7) is 1.19. The maximum absolute atomic E-state index is 12.6. The van der Waals surface area contributed by atoms with Gasteiger partial charge in [-0.05, 0) is 35.8 Å². The van der Waals surface area contributed by atoms with Crippen molar-refractivity contribution < 1.29 is 4.79 Å². The number of aromatic nitrogens is 1. The van der Waals surface area contributed by atoms with Crippen molar-refractivity contribution in [2.45, 2.75) is 13.0 Å². The standard InChI is InChI=1S/C18H15N3O/c19-12-16(11-17-7-3-4-9-20-17)18(22)21-10-8-14-5-1-2-6-15(14)13-21/h1-7,9,11H,8,10,13H2/b16-11+. The van der Waals surface area contributed by atoms with Crippen molar-refractivity contribution in [2.24, 2.45) is 0 Å². The molecule has 1 aromatic heterocycles. The van der Waals surface area contributed by atoms with Crippen LogP contribution in [0.5, 0.6) is 0 Å². The van der Waals surface area contributed by atoms with Gasteiger partial charge in [0.2, 0.25) is 0 Å². The summed E-state index contributed by atoms with van der Waals surface area (Å²) in [7, 11) is 0. The summed E-state index contributed by atoms with van der Waals surface area (Å²) in [4.78, 5) is 18.4. The lowest BCUT2D eigenvalue weighted by Crippen LogP contribution is -2.36. The Kier molecular flexibility index (Phi) is 3.97. The molecule has 108 valence electrons. The summed E-state index contributed by atoms with van der Waals surface area (Å²) in [6.07, 6.45) is 4.01. The molecule has 2 heterocycles. The Morgan fingerprint density at radius 3 is 2.68 bits per heavy atom. The molecule has 0 fully saturated rings. The predicted molar refractivity (Wildman–Crippen MR) is 83.4 cm³/mol. The average molecular weight is 289 g/mol. The third-order valence-corrected chi connectivity index (χ3v) is 3.75. The fourth-order valence-electron chi connectivity index (χ4n) is 2.59. The zero-order valence-electron chi connectivity index (χ0n) is 12.1. The summed E-state index contributed by atoms with van der Waals surface area (Å²) >= 11 is 0. The van der Waals surface area contributed by atoms with Crippen LogP contribution in [0.15, 0.2) is 54.2 Å². The number of benzene rings is 1. The Labute approximate surface area is 129 Å². The molecule has 1 amide bonds. The molecule has 4 heteroatoms. The van der Waals surface area contributed by atoms with Gasteiger partial charge in [0.1, 0.15) is 11.6 Å². The zero-order chi connectivity index (χ0) is 15.4. The van der Waals surface area contributed by atoms with E-state index < -0.39 is 0 Å². The number of hydrogen-bond donors (Lipinski definition) is 0. The predicted octanol–water partition coefficient (Wildman–Crippen LogP) is 2.57. The van der Waals surface area contributed by atoms with Crippen LogP contribution in [0.1, 0.15) is 16.8 Å². The number of nitriles is 1. The van der Waals surface area contributed by atoms with Crippen LogP contribution in [0.2, 0.25) is 0 Å².